The number of ether oxygens (including phenoxy) is 1. The minimum atomic E-state index is -0.200. The van der Waals surface area contributed by atoms with Gasteiger partial charge in [-0.1, -0.05) is 0 Å². The zero-order chi connectivity index (χ0) is 20.1. The lowest BCUT2D eigenvalue weighted by Crippen LogP contribution is -2.20. The minimum Gasteiger partial charge on any atom is -0.424 e. The second-order valence-electron chi connectivity index (χ2n) is 7.60. The highest BCUT2D eigenvalue weighted by atomic mass is 16.5. The predicted octanol–water partition coefficient (Wildman–Crippen LogP) is 3.10. The van der Waals surface area contributed by atoms with E-state index in [9.17, 15) is 4.79 Å². The van der Waals surface area contributed by atoms with Crippen LogP contribution in [0, 0.1) is 0 Å². The molecule has 1 saturated carbocycles. The Morgan fingerprint density at radius 3 is 2.66 bits per heavy atom. The first-order valence-corrected chi connectivity index (χ1v) is 9.64. The van der Waals surface area contributed by atoms with Gasteiger partial charge in [-0.3, -0.25) is 19.0 Å². The molecule has 148 valence electrons. The summed E-state index contributed by atoms with van der Waals surface area (Å²) in [6.45, 7) is 3.97. The number of fused-ring (bicyclic) bond motifs is 1. The maximum Gasteiger partial charge on any atom is 0.306 e. The van der Waals surface area contributed by atoms with E-state index in [0.29, 0.717) is 22.8 Å². The smallest absolute Gasteiger partial charge is 0.306 e. The Bertz CT molecular complexity index is 1250. The largest absolute Gasteiger partial charge is 0.424 e. The van der Waals surface area contributed by atoms with Gasteiger partial charge in [0.05, 0.1) is 30.3 Å². The van der Waals surface area contributed by atoms with E-state index in [0.717, 1.165) is 11.3 Å². The molecule has 0 amide bonds. The third kappa shape index (κ3) is 3.08. The van der Waals surface area contributed by atoms with Gasteiger partial charge in [-0.2, -0.15) is 15.2 Å². The second kappa shape index (κ2) is 6.54. The molecule has 4 aromatic heterocycles. The van der Waals surface area contributed by atoms with Crippen LogP contribution in [0.4, 0.5) is 0 Å². The standard InChI is InChI=1S/C20H21N7O2/c1-12(2)27-18-16(10-23-27)19(28)25(3)20(24-18)29-15-6-7-17(21-9-15)13-8-22-26(11-13)14-4-5-14/h6-12,14H,4-5H2,1-3H3. The van der Waals surface area contributed by atoms with Crippen molar-refractivity contribution in [3.8, 4) is 23.0 Å². The van der Waals surface area contributed by atoms with E-state index in [1.54, 1.807) is 24.1 Å². The first kappa shape index (κ1) is 17.6. The Balaban J connectivity index is 1.44. The molecule has 0 atom stereocenters. The molecule has 5 rings (SSSR count). The second-order valence-corrected chi connectivity index (χ2v) is 7.60. The highest BCUT2D eigenvalue weighted by molar-refractivity contribution is 5.73. The van der Waals surface area contributed by atoms with Gasteiger partial charge in [0.2, 0.25) is 0 Å². The van der Waals surface area contributed by atoms with Gasteiger partial charge in [0, 0.05) is 24.8 Å². The summed E-state index contributed by atoms with van der Waals surface area (Å²) in [4.78, 5) is 21.6. The highest BCUT2D eigenvalue weighted by Gasteiger charge is 2.24. The van der Waals surface area contributed by atoms with Crippen molar-refractivity contribution in [3.63, 3.8) is 0 Å². The molecule has 0 unspecified atom stereocenters. The molecule has 0 aromatic carbocycles. The lowest BCUT2D eigenvalue weighted by atomic mass is 10.2. The summed E-state index contributed by atoms with van der Waals surface area (Å²) < 4.78 is 11.0. The van der Waals surface area contributed by atoms with Crippen LogP contribution in [0.1, 0.15) is 38.8 Å². The summed E-state index contributed by atoms with van der Waals surface area (Å²) in [5, 5.41) is 9.14. The molecule has 0 aliphatic heterocycles. The molecule has 1 aliphatic rings. The van der Waals surface area contributed by atoms with Crippen LogP contribution >= 0.6 is 0 Å². The molecule has 0 saturated heterocycles. The SMILES string of the molecule is CC(C)n1ncc2c(=O)n(C)c(Oc3ccc(-c4cnn(C5CC5)c4)nc3)nc21. The molecule has 9 heteroatoms. The molecule has 0 N–H and O–H groups in total. The molecule has 4 aromatic rings. The summed E-state index contributed by atoms with van der Waals surface area (Å²) >= 11 is 0. The fourth-order valence-corrected chi connectivity index (χ4v) is 3.25. The molecule has 1 fully saturated rings. The number of rotatable bonds is 5. The minimum absolute atomic E-state index is 0.0810. The monoisotopic (exact) mass is 391 g/mol. The third-order valence-electron chi connectivity index (χ3n) is 5.05. The van der Waals surface area contributed by atoms with Gasteiger partial charge in [-0.05, 0) is 38.8 Å². The summed E-state index contributed by atoms with van der Waals surface area (Å²) in [6, 6.07) is 4.50. The van der Waals surface area contributed by atoms with Gasteiger partial charge in [-0.25, -0.2) is 4.68 Å². The topological polar surface area (TPSA) is 92.7 Å². The Kier molecular flexibility index (Phi) is 3.97. The van der Waals surface area contributed by atoms with Crippen molar-refractivity contribution in [3.05, 3.63) is 47.3 Å². The maximum absolute atomic E-state index is 12.6. The number of nitrogens with zero attached hydrogens (tertiary/aromatic N) is 7. The van der Waals surface area contributed by atoms with Crippen LogP contribution in [-0.2, 0) is 7.05 Å². The van der Waals surface area contributed by atoms with Crippen LogP contribution in [0.3, 0.4) is 0 Å². The van der Waals surface area contributed by atoms with E-state index in [-0.39, 0.29) is 17.6 Å². The van der Waals surface area contributed by atoms with E-state index in [2.05, 4.69) is 20.2 Å². The zero-order valence-electron chi connectivity index (χ0n) is 16.5. The average Bonchev–Trinajstić information content (AvgIpc) is 3.28. The van der Waals surface area contributed by atoms with Gasteiger partial charge in [-0.15, -0.1) is 0 Å². The van der Waals surface area contributed by atoms with Crippen molar-refractivity contribution in [2.75, 3.05) is 0 Å². The van der Waals surface area contributed by atoms with Crippen molar-refractivity contribution in [1.29, 1.82) is 0 Å². The number of hydrogen-bond acceptors (Lipinski definition) is 6. The molecule has 1 aliphatic carbocycles. The van der Waals surface area contributed by atoms with E-state index in [1.165, 1.54) is 17.4 Å². The van der Waals surface area contributed by atoms with E-state index < -0.39 is 0 Å². The van der Waals surface area contributed by atoms with Crippen LogP contribution in [-0.4, -0.2) is 34.1 Å². The highest BCUT2D eigenvalue weighted by Crippen LogP contribution is 2.35. The summed E-state index contributed by atoms with van der Waals surface area (Å²) in [6.07, 6.45) is 9.40. The van der Waals surface area contributed by atoms with Crippen molar-refractivity contribution >= 4 is 11.0 Å². The fourth-order valence-electron chi connectivity index (χ4n) is 3.25. The maximum atomic E-state index is 12.6. The third-order valence-corrected chi connectivity index (χ3v) is 5.05. The van der Waals surface area contributed by atoms with Crippen LogP contribution in [0.25, 0.3) is 22.3 Å². The molecule has 0 bridgehead atoms. The summed E-state index contributed by atoms with van der Waals surface area (Å²) in [7, 11) is 1.63. The summed E-state index contributed by atoms with van der Waals surface area (Å²) in [5.41, 5.74) is 2.10. The molecule has 0 radical (unpaired) electrons. The van der Waals surface area contributed by atoms with Crippen LogP contribution in [0.15, 0.2) is 41.7 Å². The van der Waals surface area contributed by atoms with Gasteiger partial charge in [0.15, 0.2) is 5.65 Å². The van der Waals surface area contributed by atoms with Crippen molar-refractivity contribution in [1.82, 2.24) is 34.1 Å². The van der Waals surface area contributed by atoms with Gasteiger partial charge in [0.1, 0.15) is 11.1 Å². The van der Waals surface area contributed by atoms with Gasteiger partial charge in [0.25, 0.3) is 5.56 Å². The fraction of sp³-hybridized carbons (Fsp3) is 0.350. The first-order chi connectivity index (χ1) is 14.0. The lowest BCUT2D eigenvalue weighted by Gasteiger charge is -2.11. The van der Waals surface area contributed by atoms with E-state index in [1.807, 2.05) is 43.1 Å². The molecule has 29 heavy (non-hydrogen) atoms. The molecule has 9 nitrogen and oxygen atoms in total. The van der Waals surface area contributed by atoms with Gasteiger partial charge >= 0.3 is 6.01 Å². The van der Waals surface area contributed by atoms with Crippen LogP contribution in [0.2, 0.25) is 0 Å². The zero-order valence-corrected chi connectivity index (χ0v) is 16.5. The Morgan fingerprint density at radius 1 is 1.14 bits per heavy atom. The number of pyridine rings is 1. The Morgan fingerprint density at radius 2 is 1.97 bits per heavy atom. The lowest BCUT2D eigenvalue weighted by molar-refractivity contribution is 0.412. The average molecular weight is 391 g/mol. The van der Waals surface area contributed by atoms with Crippen molar-refractivity contribution < 1.29 is 4.74 Å². The molecule has 0 spiro atoms. The molecular weight excluding hydrogens is 370 g/mol. The quantitative estimate of drug-likeness (QED) is 0.519. The van der Waals surface area contributed by atoms with Crippen molar-refractivity contribution in [2.45, 2.75) is 38.8 Å². The number of hydrogen-bond donors (Lipinski definition) is 0. The van der Waals surface area contributed by atoms with Crippen LogP contribution in [0.5, 0.6) is 11.8 Å². The van der Waals surface area contributed by atoms with Crippen molar-refractivity contribution in [2.24, 2.45) is 7.05 Å². The Labute approximate surface area is 166 Å². The predicted molar refractivity (Wildman–Crippen MR) is 107 cm³/mol. The molecule has 4 heterocycles. The first-order valence-electron chi connectivity index (χ1n) is 9.64. The molecular formula is C20H21N7O2. The van der Waals surface area contributed by atoms with E-state index >= 15 is 0 Å². The van der Waals surface area contributed by atoms with E-state index in [4.69, 9.17) is 4.74 Å². The number of aromatic nitrogens is 7. The van der Waals surface area contributed by atoms with Gasteiger partial charge < -0.3 is 4.74 Å². The normalized spacial score (nSPS) is 14.1. The van der Waals surface area contributed by atoms with Crippen LogP contribution < -0.4 is 10.3 Å². The Hall–Kier alpha value is -3.49. The summed E-state index contributed by atoms with van der Waals surface area (Å²) in [5.74, 6) is 0.501.